The van der Waals surface area contributed by atoms with Gasteiger partial charge in [-0.1, -0.05) is 0 Å². The van der Waals surface area contributed by atoms with Crippen molar-refractivity contribution in [2.45, 2.75) is 44.7 Å². The minimum atomic E-state index is -0.255. The lowest BCUT2D eigenvalue weighted by molar-refractivity contribution is -0.119. The van der Waals surface area contributed by atoms with Gasteiger partial charge in [-0.25, -0.2) is 0 Å². The lowest BCUT2D eigenvalue weighted by Crippen LogP contribution is -2.49. The molecule has 1 saturated heterocycles. The fourth-order valence-electron chi connectivity index (χ4n) is 1.88. The van der Waals surface area contributed by atoms with Crippen LogP contribution in [0.5, 0.6) is 0 Å². The molecule has 0 aromatic heterocycles. The number of carbonyl (C=O) groups excluding carboxylic acids is 1. The van der Waals surface area contributed by atoms with Gasteiger partial charge in [-0.2, -0.15) is 0 Å². The quantitative estimate of drug-likeness (QED) is 0.691. The summed E-state index contributed by atoms with van der Waals surface area (Å²) in [6.07, 6.45) is 2.41. The first-order valence-electron chi connectivity index (χ1n) is 5.13. The molecule has 4 heteroatoms. The standard InChI is InChI=1S/C10H20N2O2/c1-10(2,7-9(11)13)12-8-3-5-14-6-4-8/h8,12H,3-7H2,1-2H3,(H2,11,13). The van der Waals surface area contributed by atoms with Gasteiger partial charge in [0.1, 0.15) is 0 Å². The van der Waals surface area contributed by atoms with E-state index in [1.165, 1.54) is 0 Å². The van der Waals surface area contributed by atoms with Gasteiger partial charge in [0.2, 0.25) is 5.91 Å². The van der Waals surface area contributed by atoms with Crippen LogP contribution in [-0.2, 0) is 9.53 Å². The molecule has 4 nitrogen and oxygen atoms in total. The van der Waals surface area contributed by atoms with Crippen LogP contribution in [0.1, 0.15) is 33.1 Å². The predicted octanol–water partition coefficient (Wildman–Crippen LogP) is 0.409. The van der Waals surface area contributed by atoms with Crippen LogP contribution in [0.3, 0.4) is 0 Å². The third-order valence-electron chi connectivity index (χ3n) is 2.43. The second-order valence-electron chi connectivity index (χ2n) is 4.56. The van der Waals surface area contributed by atoms with Gasteiger partial charge in [-0.15, -0.1) is 0 Å². The maximum atomic E-state index is 10.8. The smallest absolute Gasteiger partial charge is 0.219 e. The van der Waals surface area contributed by atoms with E-state index < -0.39 is 0 Å². The first kappa shape index (κ1) is 11.5. The minimum Gasteiger partial charge on any atom is -0.381 e. The zero-order chi connectivity index (χ0) is 10.6. The normalized spacial score (nSPS) is 19.6. The van der Waals surface area contributed by atoms with Crippen molar-refractivity contribution in [1.29, 1.82) is 0 Å². The highest BCUT2D eigenvalue weighted by atomic mass is 16.5. The van der Waals surface area contributed by atoms with E-state index in [1.807, 2.05) is 13.8 Å². The number of carbonyl (C=O) groups is 1. The Kier molecular flexibility index (Phi) is 3.89. The van der Waals surface area contributed by atoms with E-state index in [4.69, 9.17) is 10.5 Å². The molecular formula is C10H20N2O2. The van der Waals surface area contributed by atoms with Crippen molar-refractivity contribution >= 4 is 5.91 Å². The van der Waals surface area contributed by atoms with Gasteiger partial charge in [0, 0.05) is 31.2 Å². The van der Waals surface area contributed by atoms with Crippen LogP contribution >= 0.6 is 0 Å². The highest BCUT2D eigenvalue weighted by molar-refractivity contribution is 5.75. The molecule has 1 aliphatic heterocycles. The van der Waals surface area contributed by atoms with E-state index in [-0.39, 0.29) is 11.4 Å². The van der Waals surface area contributed by atoms with E-state index in [2.05, 4.69) is 5.32 Å². The minimum absolute atomic E-state index is 0.201. The molecular weight excluding hydrogens is 180 g/mol. The molecule has 0 aromatic carbocycles. The van der Waals surface area contributed by atoms with E-state index in [1.54, 1.807) is 0 Å². The summed E-state index contributed by atoms with van der Waals surface area (Å²) >= 11 is 0. The predicted molar refractivity (Wildman–Crippen MR) is 54.9 cm³/mol. The number of ether oxygens (including phenoxy) is 1. The summed E-state index contributed by atoms with van der Waals surface area (Å²) < 4.78 is 5.26. The van der Waals surface area contributed by atoms with Crippen LogP contribution in [0, 0.1) is 0 Å². The van der Waals surface area contributed by atoms with Crippen molar-refractivity contribution in [2.24, 2.45) is 5.73 Å². The van der Waals surface area contributed by atoms with Gasteiger partial charge in [-0.05, 0) is 26.7 Å². The van der Waals surface area contributed by atoms with E-state index >= 15 is 0 Å². The average molecular weight is 200 g/mol. The Morgan fingerprint density at radius 1 is 1.50 bits per heavy atom. The monoisotopic (exact) mass is 200 g/mol. The fourth-order valence-corrected chi connectivity index (χ4v) is 1.88. The van der Waals surface area contributed by atoms with Crippen LogP contribution in [0.2, 0.25) is 0 Å². The van der Waals surface area contributed by atoms with Crippen molar-refractivity contribution in [3.63, 3.8) is 0 Å². The van der Waals surface area contributed by atoms with Crippen LogP contribution in [0.4, 0.5) is 0 Å². The van der Waals surface area contributed by atoms with Crippen LogP contribution < -0.4 is 11.1 Å². The summed E-state index contributed by atoms with van der Waals surface area (Å²) in [7, 11) is 0. The van der Waals surface area contributed by atoms with E-state index in [0.29, 0.717) is 12.5 Å². The number of nitrogens with one attached hydrogen (secondary N) is 1. The number of nitrogens with two attached hydrogens (primary N) is 1. The summed E-state index contributed by atoms with van der Waals surface area (Å²) in [6, 6.07) is 0.457. The average Bonchev–Trinajstić information content (AvgIpc) is 2.02. The molecule has 1 heterocycles. The van der Waals surface area contributed by atoms with E-state index in [9.17, 15) is 4.79 Å². The Labute approximate surface area is 85.2 Å². The van der Waals surface area contributed by atoms with E-state index in [0.717, 1.165) is 26.1 Å². The molecule has 0 bridgehead atoms. The number of rotatable bonds is 4. The van der Waals surface area contributed by atoms with Crippen molar-refractivity contribution < 1.29 is 9.53 Å². The fraction of sp³-hybridized carbons (Fsp3) is 0.900. The summed E-state index contributed by atoms with van der Waals surface area (Å²) in [5, 5.41) is 3.45. The highest BCUT2D eigenvalue weighted by Gasteiger charge is 2.25. The lowest BCUT2D eigenvalue weighted by atomic mass is 9.96. The molecule has 0 radical (unpaired) electrons. The Bertz CT molecular complexity index is 198. The largest absolute Gasteiger partial charge is 0.381 e. The van der Waals surface area contributed by atoms with Crippen molar-refractivity contribution in [3.05, 3.63) is 0 Å². The number of amides is 1. The van der Waals surface area contributed by atoms with Gasteiger partial charge >= 0.3 is 0 Å². The molecule has 1 fully saturated rings. The molecule has 0 atom stereocenters. The van der Waals surface area contributed by atoms with Gasteiger partial charge < -0.3 is 15.8 Å². The molecule has 1 rings (SSSR count). The topological polar surface area (TPSA) is 64.4 Å². The molecule has 14 heavy (non-hydrogen) atoms. The number of primary amides is 1. The highest BCUT2D eigenvalue weighted by Crippen LogP contribution is 2.14. The lowest BCUT2D eigenvalue weighted by Gasteiger charge is -2.33. The van der Waals surface area contributed by atoms with Gasteiger partial charge in [0.05, 0.1) is 0 Å². The maximum absolute atomic E-state index is 10.8. The first-order chi connectivity index (χ1) is 6.49. The molecule has 1 amide bonds. The number of hydrogen-bond donors (Lipinski definition) is 2. The van der Waals surface area contributed by atoms with Gasteiger partial charge in [0.15, 0.2) is 0 Å². The third kappa shape index (κ3) is 4.07. The Balaban J connectivity index is 2.36. The summed E-state index contributed by atoms with van der Waals surface area (Å²) in [5.41, 5.74) is 4.98. The third-order valence-corrected chi connectivity index (χ3v) is 2.43. The first-order valence-corrected chi connectivity index (χ1v) is 5.13. The molecule has 3 N–H and O–H groups in total. The Morgan fingerprint density at radius 3 is 2.57 bits per heavy atom. The maximum Gasteiger partial charge on any atom is 0.219 e. The van der Waals surface area contributed by atoms with Crippen molar-refractivity contribution in [3.8, 4) is 0 Å². The van der Waals surface area contributed by atoms with Crippen LogP contribution in [0.25, 0.3) is 0 Å². The molecule has 0 saturated carbocycles. The summed E-state index contributed by atoms with van der Waals surface area (Å²) in [5.74, 6) is -0.255. The van der Waals surface area contributed by atoms with Crippen LogP contribution in [-0.4, -0.2) is 30.7 Å². The van der Waals surface area contributed by atoms with Gasteiger partial charge in [-0.3, -0.25) is 4.79 Å². The second-order valence-corrected chi connectivity index (χ2v) is 4.56. The SMILES string of the molecule is CC(C)(CC(N)=O)NC1CCOCC1. The molecule has 0 aliphatic carbocycles. The van der Waals surface area contributed by atoms with Crippen molar-refractivity contribution in [1.82, 2.24) is 5.32 Å². The summed E-state index contributed by atoms with van der Waals surface area (Å²) in [4.78, 5) is 10.8. The van der Waals surface area contributed by atoms with Crippen LogP contribution in [0.15, 0.2) is 0 Å². The zero-order valence-corrected chi connectivity index (χ0v) is 9.01. The Morgan fingerprint density at radius 2 is 2.07 bits per heavy atom. The zero-order valence-electron chi connectivity index (χ0n) is 9.01. The molecule has 0 aromatic rings. The molecule has 82 valence electrons. The second kappa shape index (κ2) is 4.75. The van der Waals surface area contributed by atoms with Gasteiger partial charge in [0.25, 0.3) is 0 Å². The Hall–Kier alpha value is -0.610. The molecule has 1 aliphatic rings. The number of hydrogen-bond acceptors (Lipinski definition) is 3. The molecule has 0 spiro atoms. The van der Waals surface area contributed by atoms with Crippen molar-refractivity contribution in [2.75, 3.05) is 13.2 Å². The molecule has 0 unspecified atom stereocenters. The summed E-state index contributed by atoms with van der Waals surface area (Å²) in [6.45, 7) is 5.63.